The van der Waals surface area contributed by atoms with Crippen molar-refractivity contribution in [2.24, 2.45) is 5.73 Å². The molecule has 0 bridgehead atoms. The molecule has 4 rings (SSSR count). The molecule has 2 aromatic carbocycles. The highest BCUT2D eigenvalue weighted by atomic mass is 14.9. The third kappa shape index (κ3) is 4.95. The van der Waals surface area contributed by atoms with Crippen molar-refractivity contribution >= 4 is 27.5 Å². The first-order valence-corrected chi connectivity index (χ1v) is 11.0. The van der Waals surface area contributed by atoms with Crippen LogP contribution in [0.15, 0.2) is 73.1 Å². The van der Waals surface area contributed by atoms with Gasteiger partial charge in [-0.3, -0.25) is 9.97 Å². The standard InChI is InChI=1S/C26H30N4/c27-23(20-15-18-29-24-13-7-5-10-21(20)24)12-4-2-1-3-9-17-28-26-16-19-30-25-14-8-6-11-22(25)26/h5-8,10-11,13-16,18-19,23H,1-4,9,12,17,27H2,(H,28,30). The molecule has 0 radical (unpaired) electrons. The molecule has 4 aromatic rings. The summed E-state index contributed by atoms with van der Waals surface area (Å²) >= 11 is 0. The minimum Gasteiger partial charge on any atom is -0.384 e. The smallest absolute Gasteiger partial charge is 0.0722 e. The van der Waals surface area contributed by atoms with Crippen LogP contribution in [0.1, 0.15) is 50.1 Å². The van der Waals surface area contributed by atoms with Crippen LogP contribution >= 0.6 is 0 Å². The second-order valence-electron chi connectivity index (χ2n) is 7.88. The van der Waals surface area contributed by atoms with E-state index in [1.807, 2.05) is 30.6 Å². The molecule has 30 heavy (non-hydrogen) atoms. The summed E-state index contributed by atoms with van der Waals surface area (Å²) in [7, 11) is 0. The van der Waals surface area contributed by atoms with Crippen LogP contribution < -0.4 is 11.1 Å². The van der Waals surface area contributed by atoms with Crippen LogP contribution in [0.4, 0.5) is 5.69 Å². The molecular weight excluding hydrogens is 368 g/mol. The molecule has 4 heteroatoms. The third-order valence-electron chi connectivity index (χ3n) is 5.74. The Labute approximate surface area is 178 Å². The quantitative estimate of drug-likeness (QED) is 0.311. The van der Waals surface area contributed by atoms with E-state index in [4.69, 9.17) is 5.73 Å². The van der Waals surface area contributed by atoms with Gasteiger partial charge in [-0.05, 0) is 42.7 Å². The van der Waals surface area contributed by atoms with E-state index >= 15 is 0 Å². The molecule has 0 amide bonds. The number of anilines is 1. The van der Waals surface area contributed by atoms with Crippen molar-refractivity contribution in [3.05, 3.63) is 78.6 Å². The van der Waals surface area contributed by atoms with Crippen LogP contribution in [0.3, 0.4) is 0 Å². The normalized spacial score (nSPS) is 12.3. The van der Waals surface area contributed by atoms with Crippen LogP contribution in [0, 0.1) is 0 Å². The van der Waals surface area contributed by atoms with E-state index in [0.29, 0.717) is 0 Å². The van der Waals surface area contributed by atoms with Crippen molar-refractivity contribution in [3.8, 4) is 0 Å². The molecule has 4 nitrogen and oxygen atoms in total. The average Bonchev–Trinajstić information content (AvgIpc) is 2.80. The van der Waals surface area contributed by atoms with Gasteiger partial charge in [-0.25, -0.2) is 0 Å². The first kappa shape index (κ1) is 20.3. The van der Waals surface area contributed by atoms with E-state index in [2.05, 4.69) is 57.7 Å². The van der Waals surface area contributed by atoms with Crippen molar-refractivity contribution < 1.29 is 0 Å². The number of nitrogens with one attached hydrogen (secondary N) is 1. The van der Waals surface area contributed by atoms with Gasteiger partial charge in [0.2, 0.25) is 0 Å². The van der Waals surface area contributed by atoms with Crippen molar-refractivity contribution in [1.29, 1.82) is 0 Å². The molecule has 1 atom stereocenters. The van der Waals surface area contributed by atoms with Crippen molar-refractivity contribution in [1.82, 2.24) is 9.97 Å². The monoisotopic (exact) mass is 398 g/mol. The predicted molar refractivity (Wildman–Crippen MR) is 127 cm³/mol. The summed E-state index contributed by atoms with van der Waals surface area (Å²) in [6, 6.07) is 20.7. The summed E-state index contributed by atoms with van der Waals surface area (Å²) in [5, 5.41) is 5.94. The number of aromatic nitrogens is 2. The first-order chi connectivity index (χ1) is 14.8. The summed E-state index contributed by atoms with van der Waals surface area (Å²) in [6.45, 7) is 0.997. The number of pyridine rings is 2. The number of hydrogen-bond acceptors (Lipinski definition) is 4. The summed E-state index contributed by atoms with van der Waals surface area (Å²) in [5.41, 5.74) is 11.0. The molecule has 0 saturated heterocycles. The summed E-state index contributed by atoms with van der Waals surface area (Å²) < 4.78 is 0. The molecule has 154 valence electrons. The SMILES string of the molecule is NC(CCCCCCCNc1ccnc2ccccc12)c1ccnc2ccccc12. The maximum atomic E-state index is 6.49. The highest BCUT2D eigenvalue weighted by Gasteiger charge is 2.09. The Hall–Kier alpha value is -2.98. The lowest BCUT2D eigenvalue weighted by molar-refractivity contribution is 0.554. The van der Waals surface area contributed by atoms with Gasteiger partial charge >= 0.3 is 0 Å². The van der Waals surface area contributed by atoms with Gasteiger partial charge in [0.25, 0.3) is 0 Å². The number of unbranched alkanes of at least 4 members (excludes halogenated alkanes) is 4. The van der Waals surface area contributed by atoms with Gasteiger partial charge in [-0.2, -0.15) is 0 Å². The van der Waals surface area contributed by atoms with Gasteiger partial charge in [0, 0.05) is 41.4 Å². The average molecular weight is 399 g/mol. The molecule has 0 aliphatic rings. The predicted octanol–water partition coefficient (Wildman–Crippen LogP) is 6.24. The van der Waals surface area contributed by atoms with E-state index in [-0.39, 0.29) is 6.04 Å². The van der Waals surface area contributed by atoms with E-state index in [1.165, 1.54) is 54.1 Å². The van der Waals surface area contributed by atoms with Crippen LogP contribution in [0.25, 0.3) is 21.8 Å². The highest BCUT2D eigenvalue weighted by molar-refractivity contribution is 5.90. The Morgan fingerprint density at radius 1 is 0.700 bits per heavy atom. The maximum absolute atomic E-state index is 6.49. The molecule has 2 aromatic heterocycles. The fourth-order valence-corrected chi connectivity index (χ4v) is 4.09. The number of nitrogens with zero attached hydrogens (tertiary/aromatic N) is 2. The Morgan fingerprint density at radius 2 is 1.33 bits per heavy atom. The molecular formula is C26H30N4. The lowest BCUT2D eigenvalue weighted by atomic mass is 9.97. The molecule has 0 aliphatic carbocycles. The molecule has 1 unspecified atom stereocenters. The highest BCUT2D eigenvalue weighted by Crippen LogP contribution is 2.25. The molecule has 0 saturated carbocycles. The number of para-hydroxylation sites is 2. The zero-order valence-corrected chi connectivity index (χ0v) is 17.4. The number of fused-ring (bicyclic) bond motifs is 2. The number of nitrogens with two attached hydrogens (primary N) is 1. The second kappa shape index (κ2) is 10.2. The van der Waals surface area contributed by atoms with Crippen LogP contribution in [-0.2, 0) is 0 Å². The Morgan fingerprint density at radius 3 is 2.17 bits per heavy atom. The van der Waals surface area contributed by atoms with Gasteiger partial charge in [-0.15, -0.1) is 0 Å². The van der Waals surface area contributed by atoms with Crippen LogP contribution in [0.2, 0.25) is 0 Å². The van der Waals surface area contributed by atoms with Gasteiger partial charge in [0.05, 0.1) is 11.0 Å². The molecule has 0 fully saturated rings. The lowest BCUT2D eigenvalue weighted by Crippen LogP contribution is -2.11. The van der Waals surface area contributed by atoms with E-state index < -0.39 is 0 Å². The summed E-state index contributed by atoms with van der Waals surface area (Å²) in [4.78, 5) is 8.86. The lowest BCUT2D eigenvalue weighted by Gasteiger charge is -2.14. The molecule has 0 aliphatic heterocycles. The molecule has 2 heterocycles. The first-order valence-electron chi connectivity index (χ1n) is 11.0. The third-order valence-corrected chi connectivity index (χ3v) is 5.74. The van der Waals surface area contributed by atoms with Gasteiger partial charge < -0.3 is 11.1 Å². The van der Waals surface area contributed by atoms with Gasteiger partial charge in [-0.1, -0.05) is 62.1 Å². The van der Waals surface area contributed by atoms with E-state index in [9.17, 15) is 0 Å². The molecule has 3 N–H and O–H groups in total. The zero-order chi connectivity index (χ0) is 20.6. The summed E-state index contributed by atoms with van der Waals surface area (Å²) in [6.07, 6.45) is 10.8. The minimum atomic E-state index is 0.0829. The number of benzene rings is 2. The Bertz CT molecular complexity index is 1080. The van der Waals surface area contributed by atoms with Gasteiger partial charge in [0.15, 0.2) is 0 Å². The topological polar surface area (TPSA) is 63.8 Å². The summed E-state index contributed by atoms with van der Waals surface area (Å²) in [5.74, 6) is 0. The Kier molecular flexibility index (Phi) is 6.88. The van der Waals surface area contributed by atoms with Gasteiger partial charge in [0.1, 0.15) is 0 Å². The molecule has 0 spiro atoms. The Balaban J connectivity index is 1.15. The minimum absolute atomic E-state index is 0.0829. The van der Waals surface area contributed by atoms with Crippen molar-refractivity contribution in [2.45, 2.75) is 44.6 Å². The van der Waals surface area contributed by atoms with Crippen molar-refractivity contribution in [2.75, 3.05) is 11.9 Å². The van der Waals surface area contributed by atoms with E-state index in [0.717, 1.165) is 24.0 Å². The fourth-order valence-electron chi connectivity index (χ4n) is 4.09. The zero-order valence-electron chi connectivity index (χ0n) is 17.4. The number of rotatable bonds is 10. The van der Waals surface area contributed by atoms with Crippen LogP contribution in [-0.4, -0.2) is 16.5 Å². The maximum Gasteiger partial charge on any atom is 0.0722 e. The van der Waals surface area contributed by atoms with Crippen LogP contribution in [0.5, 0.6) is 0 Å². The number of hydrogen-bond donors (Lipinski definition) is 2. The fraction of sp³-hybridized carbons (Fsp3) is 0.308. The van der Waals surface area contributed by atoms with E-state index in [1.54, 1.807) is 0 Å². The van der Waals surface area contributed by atoms with Crippen molar-refractivity contribution in [3.63, 3.8) is 0 Å². The largest absolute Gasteiger partial charge is 0.384 e. The second-order valence-corrected chi connectivity index (χ2v) is 7.88.